The molecule has 0 saturated heterocycles. The van der Waals surface area contributed by atoms with Gasteiger partial charge in [0.1, 0.15) is 17.3 Å². The van der Waals surface area contributed by atoms with Crippen LogP contribution in [0.3, 0.4) is 0 Å². The number of hydrogen-bond donors (Lipinski definition) is 1. The minimum atomic E-state index is -0.349. The first-order valence-corrected chi connectivity index (χ1v) is 11.0. The number of aryl methyl sites for hydroxylation is 3. The maximum absolute atomic E-state index is 13.6. The number of pyridine rings is 1. The van der Waals surface area contributed by atoms with Gasteiger partial charge in [-0.3, -0.25) is 14.5 Å². The smallest absolute Gasteiger partial charge is 0.271 e. The van der Waals surface area contributed by atoms with Crippen molar-refractivity contribution in [2.24, 2.45) is 7.05 Å². The van der Waals surface area contributed by atoms with Gasteiger partial charge in [0.15, 0.2) is 0 Å². The molecule has 1 aliphatic rings. The van der Waals surface area contributed by atoms with E-state index in [0.29, 0.717) is 36.0 Å². The SMILES string of the molecule is Cc1cc(CN2C(=O)c3cc(-c4nc(Nc5ccnn5C)ncc4C)cn3C[C@H]2C)ncc1F. The molecule has 34 heavy (non-hydrogen) atoms. The molecule has 1 aliphatic heterocycles. The van der Waals surface area contributed by atoms with E-state index in [4.69, 9.17) is 4.98 Å². The summed E-state index contributed by atoms with van der Waals surface area (Å²) in [5, 5.41) is 7.32. The fraction of sp³-hybridized carbons (Fsp3) is 0.292. The molecule has 0 fully saturated rings. The first-order valence-electron chi connectivity index (χ1n) is 11.0. The Labute approximate surface area is 196 Å². The van der Waals surface area contributed by atoms with E-state index in [1.54, 1.807) is 35.0 Å². The third kappa shape index (κ3) is 3.91. The molecule has 1 atom stereocenters. The monoisotopic (exact) mass is 460 g/mol. The summed E-state index contributed by atoms with van der Waals surface area (Å²) in [4.78, 5) is 28.4. The van der Waals surface area contributed by atoms with Crippen LogP contribution < -0.4 is 5.32 Å². The van der Waals surface area contributed by atoms with Crippen LogP contribution in [-0.2, 0) is 20.1 Å². The summed E-state index contributed by atoms with van der Waals surface area (Å²) < 4.78 is 17.3. The third-order valence-corrected chi connectivity index (χ3v) is 6.11. The number of nitrogens with zero attached hydrogens (tertiary/aromatic N) is 7. The van der Waals surface area contributed by atoms with Gasteiger partial charge in [-0.1, -0.05) is 0 Å². The maximum Gasteiger partial charge on any atom is 0.271 e. The van der Waals surface area contributed by atoms with Gasteiger partial charge >= 0.3 is 0 Å². The highest BCUT2D eigenvalue weighted by atomic mass is 19.1. The number of amides is 1. The van der Waals surface area contributed by atoms with E-state index in [1.807, 2.05) is 43.8 Å². The van der Waals surface area contributed by atoms with Crippen LogP contribution in [0.1, 0.15) is 34.2 Å². The van der Waals surface area contributed by atoms with Gasteiger partial charge in [-0.25, -0.2) is 14.4 Å². The van der Waals surface area contributed by atoms with Crippen LogP contribution in [0, 0.1) is 19.7 Å². The van der Waals surface area contributed by atoms with Crippen molar-refractivity contribution in [1.82, 2.24) is 34.2 Å². The van der Waals surface area contributed by atoms with Gasteiger partial charge in [-0.2, -0.15) is 5.10 Å². The molecule has 0 unspecified atom stereocenters. The molecular weight excluding hydrogens is 435 g/mol. The molecule has 0 aliphatic carbocycles. The quantitative estimate of drug-likeness (QED) is 0.489. The van der Waals surface area contributed by atoms with Gasteiger partial charge in [-0.05, 0) is 44.0 Å². The van der Waals surface area contributed by atoms with Crippen molar-refractivity contribution in [2.75, 3.05) is 5.32 Å². The van der Waals surface area contributed by atoms with Gasteiger partial charge in [0.05, 0.1) is 30.3 Å². The lowest BCUT2D eigenvalue weighted by molar-refractivity contribution is 0.0592. The van der Waals surface area contributed by atoms with Crippen LogP contribution >= 0.6 is 0 Å². The second kappa shape index (κ2) is 8.36. The predicted octanol–water partition coefficient (Wildman–Crippen LogP) is 3.62. The van der Waals surface area contributed by atoms with Crippen LogP contribution in [0.4, 0.5) is 16.2 Å². The number of rotatable bonds is 5. The number of fused-ring (bicyclic) bond motifs is 1. The zero-order valence-electron chi connectivity index (χ0n) is 19.4. The highest BCUT2D eigenvalue weighted by Gasteiger charge is 2.31. The lowest BCUT2D eigenvalue weighted by atomic mass is 10.1. The highest BCUT2D eigenvalue weighted by molar-refractivity contribution is 5.95. The number of carbonyl (C=O) groups is 1. The summed E-state index contributed by atoms with van der Waals surface area (Å²) in [7, 11) is 1.83. The van der Waals surface area contributed by atoms with Crippen LogP contribution in [-0.4, -0.2) is 46.1 Å². The first kappa shape index (κ1) is 21.7. The molecule has 174 valence electrons. The van der Waals surface area contributed by atoms with Crippen molar-refractivity contribution in [3.63, 3.8) is 0 Å². The Morgan fingerprint density at radius 1 is 1.18 bits per heavy atom. The fourth-order valence-corrected chi connectivity index (χ4v) is 4.19. The Hall–Kier alpha value is -4.08. The van der Waals surface area contributed by atoms with Gasteiger partial charge in [0.2, 0.25) is 5.95 Å². The summed E-state index contributed by atoms with van der Waals surface area (Å²) in [6, 6.07) is 5.36. The highest BCUT2D eigenvalue weighted by Crippen LogP contribution is 2.29. The molecule has 5 heterocycles. The number of halogens is 1. The molecule has 5 rings (SSSR count). The van der Waals surface area contributed by atoms with E-state index in [2.05, 4.69) is 20.4 Å². The summed E-state index contributed by atoms with van der Waals surface area (Å²) in [5.74, 6) is 0.786. The molecule has 10 heteroatoms. The summed E-state index contributed by atoms with van der Waals surface area (Å²) in [6.45, 7) is 6.61. The Kier molecular flexibility index (Phi) is 5.35. The Balaban J connectivity index is 1.43. The summed E-state index contributed by atoms with van der Waals surface area (Å²) in [5.41, 5.74) is 4.28. The summed E-state index contributed by atoms with van der Waals surface area (Å²) in [6.07, 6.45) is 6.63. The van der Waals surface area contributed by atoms with Crippen LogP contribution in [0.2, 0.25) is 0 Å². The molecule has 0 aromatic carbocycles. The lowest BCUT2D eigenvalue weighted by Crippen LogP contribution is -2.45. The van der Waals surface area contributed by atoms with Crippen LogP contribution in [0.25, 0.3) is 11.3 Å². The van der Waals surface area contributed by atoms with E-state index < -0.39 is 0 Å². The number of aromatic nitrogens is 6. The molecular formula is C24H25FN8O. The molecule has 0 spiro atoms. The average molecular weight is 461 g/mol. The maximum atomic E-state index is 13.6. The average Bonchev–Trinajstić information content (AvgIpc) is 3.41. The van der Waals surface area contributed by atoms with Crippen LogP contribution in [0.15, 0.2) is 43.0 Å². The van der Waals surface area contributed by atoms with E-state index in [9.17, 15) is 9.18 Å². The summed E-state index contributed by atoms with van der Waals surface area (Å²) >= 11 is 0. The Bertz CT molecular complexity index is 1390. The van der Waals surface area contributed by atoms with Crippen LogP contribution in [0.5, 0.6) is 0 Å². The predicted molar refractivity (Wildman–Crippen MR) is 125 cm³/mol. The number of anilines is 2. The standard InChI is InChI=1S/C24H25FN8O/c1-14-7-18(26-10-19(14)25)13-33-16(3)11-32-12-17(8-20(32)23(33)34)22-15(2)9-27-24(30-22)29-21-5-6-28-31(21)4/h5-10,12,16H,11,13H2,1-4H3,(H,27,29,30)/t16-/m1/s1. The number of carbonyl (C=O) groups excluding carboxylic acids is 1. The van der Waals surface area contributed by atoms with Crippen molar-refractivity contribution in [3.05, 3.63) is 71.3 Å². The second-order valence-corrected chi connectivity index (χ2v) is 8.66. The van der Waals surface area contributed by atoms with Gasteiger partial charge < -0.3 is 14.8 Å². The van der Waals surface area contributed by atoms with E-state index in [1.165, 1.54) is 6.20 Å². The third-order valence-electron chi connectivity index (χ3n) is 6.11. The molecule has 1 amide bonds. The second-order valence-electron chi connectivity index (χ2n) is 8.66. The van der Waals surface area contributed by atoms with Gasteiger partial charge in [-0.15, -0.1) is 0 Å². The van der Waals surface area contributed by atoms with Crippen molar-refractivity contribution < 1.29 is 9.18 Å². The molecule has 9 nitrogen and oxygen atoms in total. The minimum Gasteiger partial charge on any atom is -0.341 e. The molecule has 0 radical (unpaired) electrons. The normalized spacial score (nSPS) is 15.5. The van der Waals surface area contributed by atoms with E-state index in [0.717, 1.165) is 22.6 Å². The zero-order chi connectivity index (χ0) is 24.0. The van der Waals surface area contributed by atoms with Crippen molar-refractivity contribution >= 4 is 17.7 Å². The Morgan fingerprint density at radius 3 is 2.74 bits per heavy atom. The molecule has 4 aromatic heterocycles. The topological polar surface area (TPSA) is 93.8 Å². The molecule has 0 saturated carbocycles. The van der Waals surface area contributed by atoms with Crippen molar-refractivity contribution in [3.8, 4) is 11.3 Å². The minimum absolute atomic E-state index is 0.0408. The molecule has 1 N–H and O–H groups in total. The lowest BCUT2D eigenvalue weighted by Gasteiger charge is -2.34. The first-order chi connectivity index (χ1) is 16.3. The molecule has 0 bridgehead atoms. The fourth-order valence-electron chi connectivity index (χ4n) is 4.19. The van der Waals surface area contributed by atoms with Gasteiger partial charge in [0.25, 0.3) is 5.91 Å². The Morgan fingerprint density at radius 2 is 2.00 bits per heavy atom. The molecule has 4 aromatic rings. The van der Waals surface area contributed by atoms with Gasteiger partial charge in [0, 0.05) is 43.7 Å². The van der Waals surface area contributed by atoms with E-state index in [-0.39, 0.29) is 17.8 Å². The largest absolute Gasteiger partial charge is 0.341 e. The zero-order valence-corrected chi connectivity index (χ0v) is 19.4. The number of hydrogen-bond acceptors (Lipinski definition) is 6. The van der Waals surface area contributed by atoms with Crippen molar-refractivity contribution in [2.45, 2.75) is 39.9 Å². The van der Waals surface area contributed by atoms with Crippen molar-refractivity contribution in [1.29, 1.82) is 0 Å². The number of nitrogens with one attached hydrogen (secondary N) is 1. The van der Waals surface area contributed by atoms with E-state index >= 15 is 0 Å².